The smallest absolute Gasteiger partial charge is 0.372 e. The second-order valence-electron chi connectivity index (χ2n) is 8.59. The second kappa shape index (κ2) is 10.4. The zero-order valence-electron chi connectivity index (χ0n) is 18.7. The number of benzene rings is 2. The van der Waals surface area contributed by atoms with Gasteiger partial charge in [-0.2, -0.15) is 26.3 Å². The lowest BCUT2D eigenvalue weighted by molar-refractivity contribution is -0.143. The lowest BCUT2D eigenvalue weighted by atomic mass is 9.91. The first-order valence-corrected chi connectivity index (χ1v) is 11.2. The minimum atomic E-state index is -4.89. The van der Waals surface area contributed by atoms with Gasteiger partial charge in [0.2, 0.25) is 0 Å². The zero-order chi connectivity index (χ0) is 25.1. The van der Waals surface area contributed by atoms with E-state index in [2.05, 4.69) is 9.88 Å². The SMILES string of the molecule is FC(F)(F)c1cc(COC2CCCN(Cc3cccnc3)C2c2ccccc2)cc(C(F)(F)F)c1. The van der Waals surface area contributed by atoms with Gasteiger partial charge in [0.25, 0.3) is 0 Å². The van der Waals surface area contributed by atoms with Crippen LogP contribution in [0.5, 0.6) is 0 Å². The molecule has 1 fully saturated rings. The number of rotatable bonds is 6. The molecule has 186 valence electrons. The number of hydrogen-bond acceptors (Lipinski definition) is 3. The maximum Gasteiger partial charge on any atom is 0.416 e. The van der Waals surface area contributed by atoms with E-state index in [4.69, 9.17) is 4.74 Å². The molecule has 0 spiro atoms. The predicted octanol–water partition coefficient (Wildman–Crippen LogP) is 7.04. The molecule has 3 nitrogen and oxygen atoms in total. The monoisotopic (exact) mass is 494 g/mol. The first kappa shape index (κ1) is 25.2. The highest BCUT2D eigenvalue weighted by Gasteiger charge is 2.37. The van der Waals surface area contributed by atoms with Gasteiger partial charge >= 0.3 is 12.4 Å². The van der Waals surface area contributed by atoms with Crippen molar-refractivity contribution in [2.75, 3.05) is 6.54 Å². The van der Waals surface area contributed by atoms with Crippen molar-refractivity contribution in [1.29, 1.82) is 0 Å². The number of piperidine rings is 1. The third-order valence-electron chi connectivity index (χ3n) is 6.04. The van der Waals surface area contributed by atoms with Crippen LogP contribution >= 0.6 is 0 Å². The van der Waals surface area contributed by atoms with Gasteiger partial charge in [-0.25, -0.2) is 0 Å². The van der Waals surface area contributed by atoms with E-state index >= 15 is 0 Å². The van der Waals surface area contributed by atoms with Gasteiger partial charge in [0.05, 0.1) is 29.9 Å². The van der Waals surface area contributed by atoms with Crippen molar-refractivity contribution >= 4 is 0 Å². The normalized spacial score (nSPS) is 19.6. The molecule has 2 unspecified atom stereocenters. The van der Waals surface area contributed by atoms with Gasteiger partial charge in [-0.05, 0) is 60.3 Å². The van der Waals surface area contributed by atoms with Crippen LogP contribution in [0.25, 0.3) is 0 Å². The van der Waals surface area contributed by atoms with Gasteiger partial charge in [0.1, 0.15) is 0 Å². The highest BCUT2D eigenvalue weighted by atomic mass is 19.4. The molecule has 3 aromatic rings. The number of likely N-dealkylation sites (tertiary alicyclic amines) is 1. The summed E-state index contributed by atoms with van der Waals surface area (Å²) in [5.74, 6) is 0. The molecule has 35 heavy (non-hydrogen) atoms. The van der Waals surface area contributed by atoms with E-state index in [-0.39, 0.29) is 24.3 Å². The van der Waals surface area contributed by atoms with Crippen molar-refractivity contribution in [3.05, 3.63) is 101 Å². The van der Waals surface area contributed by atoms with Gasteiger partial charge in [0, 0.05) is 18.9 Å². The molecule has 1 aliphatic heterocycles. The van der Waals surface area contributed by atoms with Gasteiger partial charge < -0.3 is 4.74 Å². The summed E-state index contributed by atoms with van der Waals surface area (Å²) >= 11 is 0. The van der Waals surface area contributed by atoms with Gasteiger partial charge in [-0.1, -0.05) is 36.4 Å². The van der Waals surface area contributed by atoms with Crippen LogP contribution in [0.2, 0.25) is 0 Å². The summed E-state index contributed by atoms with van der Waals surface area (Å²) in [6, 6.07) is 14.8. The van der Waals surface area contributed by atoms with E-state index in [0.717, 1.165) is 36.2 Å². The number of alkyl halides is 6. The summed E-state index contributed by atoms with van der Waals surface area (Å²) in [5, 5.41) is 0. The quantitative estimate of drug-likeness (QED) is 0.344. The molecule has 2 heterocycles. The predicted molar refractivity (Wildman–Crippen MR) is 118 cm³/mol. The maximum absolute atomic E-state index is 13.3. The lowest BCUT2D eigenvalue weighted by Crippen LogP contribution is -2.42. The first-order valence-electron chi connectivity index (χ1n) is 11.2. The number of aromatic nitrogens is 1. The molecule has 1 saturated heterocycles. The number of ether oxygens (including phenoxy) is 1. The number of nitrogens with zero attached hydrogens (tertiary/aromatic N) is 2. The van der Waals surface area contributed by atoms with Crippen LogP contribution in [-0.2, 0) is 30.2 Å². The molecule has 2 aromatic carbocycles. The van der Waals surface area contributed by atoms with Crippen molar-refractivity contribution in [2.45, 2.75) is 50.5 Å². The van der Waals surface area contributed by atoms with Crippen LogP contribution in [-0.4, -0.2) is 22.5 Å². The first-order chi connectivity index (χ1) is 16.6. The number of pyridine rings is 1. The Labute approximate surface area is 199 Å². The molecular weight excluding hydrogens is 470 g/mol. The van der Waals surface area contributed by atoms with Crippen LogP contribution in [0.3, 0.4) is 0 Å². The largest absolute Gasteiger partial charge is 0.416 e. The summed E-state index contributed by atoms with van der Waals surface area (Å²) in [7, 11) is 0. The highest BCUT2D eigenvalue weighted by molar-refractivity contribution is 5.33. The van der Waals surface area contributed by atoms with E-state index < -0.39 is 29.6 Å². The Balaban J connectivity index is 1.60. The lowest BCUT2D eigenvalue weighted by Gasteiger charge is -2.41. The van der Waals surface area contributed by atoms with E-state index in [0.29, 0.717) is 13.0 Å². The van der Waals surface area contributed by atoms with Gasteiger partial charge in [0.15, 0.2) is 0 Å². The molecule has 0 aliphatic carbocycles. The van der Waals surface area contributed by atoms with Crippen molar-refractivity contribution in [3.8, 4) is 0 Å². The van der Waals surface area contributed by atoms with Gasteiger partial charge in [-0.3, -0.25) is 9.88 Å². The third-order valence-corrected chi connectivity index (χ3v) is 6.04. The molecule has 0 radical (unpaired) electrons. The van der Waals surface area contributed by atoms with Crippen molar-refractivity contribution in [1.82, 2.24) is 9.88 Å². The molecular formula is C26H24F6N2O. The number of halogens is 6. The Morgan fingerprint density at radius 3 is 2.14 bits per heavy atom. The Morgan fingerprint density at radius 1 is 0.857 bits per heavy atom. The molecule has 1 aromatic heterocycles. The molecule has 1 aliphatic rings. The third kappa shape index (κ3) is 6.41. The van der Waals surface area contributed by atoms with Crippen LogP contribution in [0.1, 0.15) is 46.7 Å². The Hall–Kier alpha value is -2.91. The minimum Gasteiger partial charge on any atom is -0.372 e. The average molecular weight is 494 g/mol. The Morgan fingerprint density at radius 2 is 1.54 bits per heavy atom. The van der Waals surface area contributed by atoms with Crippen LogP contribution in [0.4, 0.5) is 26.3 Å². The maximum atomic E-state index is 13.3. The fraction of sp³-hybridized carbons (Fsp3) is 0.346. The second-order valence-corrected chi connectivity index (χ2v) is 8.59. The standard InChI is InChI=1S/C26H24F6N2O/c27-25(28,29)21-12-19(13-22(14-21)26(30,31)32)17-35-23-9-5-11-34(16-18-6-4-10-33-15-18)24(23)20-7-2-1-3-8-20/h1-4,6-8,10,12-15,23-24H,5,9,11,16-17H2. The van der Waals surface area contributed by atoms with E-state index in [1.807, 2.05) is 42.5 Å². The summed E-state index contributed by atoms with van der Waals surface area (Å²) in [6.45, 7) is 1.01. The van der Waals surface area contributed by atoms with Crippen LogP contribution < -0.4 is 0 Å². The summed E-state index contributed by atoms with van der Waals surface area (Å²) in [4.78, 5) is 6.37. The van der Waals surface area contributed by atoms with Crippen molar-refractivity contribution in [3.63, 3.8) is 0 Å². The average Bonchev–Trinajstić information content (AvgIpc) is 2.83. The summed E-state index contributed by atoms with van der Waals surface area (Å²) in [6.07, 6.45) is -5.33. The van der Waals surface area contributed by atoms with E-state index in [1.165, 1.54) is 0 Å². The van der Waals surface area contributed by atoms with Crippen molar-refractivity contribution in [2.24, 2.45) is 0 Å². The number of hydrogen-bond donors (Lipinski definition) is 0. The van der Waals surface area contributed by atoms with Crippen molar-refractivity contribution < 1.29 is 31.1 Å². The minimum absolute atomic E-state index is 0.131. The topological polar surface area (TPSA) is 25.4 Å². The zero-order valence-corrected chi connectivity index (χ0v) is 18.7. The van der Waals surface area contributed by atoms with Crippen LogP contribution in [0.15, 0.2) is 73.1 Å². The van der Waals surface area contributed by atoms with E-state index in [1.54, 1.807) is 12.4 Å². The molecule has 0 saturated carbocycles. The van der Waals surface area contributed by atoms with Crippen LogP contribution in [0, 0.1) is 0 Å². The molecule has 9 heteroatoms. The Bertz CT molecular complexity index is 1070. The molecule has 0 amide bonds. The molecule has 0 bridgehead atoms. The highest BCUT2D eigenvalue weighted by Crippen LogP contribution is 2.38. The Kier molecular flexibility index (Phi) is 7.47. The summed E-state index contributed by atoms with van der Waals surface area (Å²) in [5.41, 5.74) is -0.869. The fourth-order valence-electron chi connectivity index (χ4n) is 4.49. The van der Waals surface area contributed by atoms with Gasteiger partial charge in [-0.15, -0.1) is 0 Å². The molecule has 0 N–H and O–H groups in total. The van der Waals surface area contributed by atoms with E-state index in [9.17, 15) is 26.3 Å². The molecule has 2 atom stereocenters. The molecule has 4 rings (SSSR count). The fourth-order valence-corrected chi connectivity index (χ4v) is 4.49. The summed E-state index contributed by atoms with van der Waals surface area (Å²) < 4.78 is 85.6.